The molecule has 1 heterocycles. The number of hydrogen-bond acceptors (Lipinski definition) is 2. The Morgan fingerprint density at radius 3 is 2.76 bits per heavy atom. The third kappa shape index (κ3) is 5.03. The standard InChI is InChI=1S/C19H32N2/c1-15(2)7-5-8-16(3)20-14-17-10-11-19-18(13-17)9-6-12-21(19)4/h10-11,13,15-16,20H,5-9,12,14H2,1-4H3. The van der Waals surface area contributed by atoms with E-state index in [9.17, 15) is 0 Å². The van der Waals surface area contributed by atoms with Gasteiger partial charge in [-0.3, -0.25) is 0 Å². The molecule has 21 heavy (non-hydrogen) atoms. The summed E-state index contributed by atoms with van der Waals surface area (Å²) in [4.78, 5) is 2.38. The highest BCUT2D eigenvalue weighted by atomic mass is 15.1. The van der Waals surface area contributed by atoms with Crippen molar-refractivity contribution in [1.29, 1.82) is 0 Å². The van der Waals surface area contributed by atoms with Gasteiger partial charge >= 0.3 is 0 Å². The number of anilines is 1. The van der Waals surface area contributed by atoms with Crippen LogP contribution in [0.25, 0.3) is 0 Å². The van der Waals surface area contributed by atoms with Crippen molar-refractivity contribution in [2.75, 3.05) is 18.5 Å². The van der Waals surface area contributed by atoms with Crippen molar-refractivity contribution in [2.45, 2.75) is 65.5 Å². The van der Waals surface area contributed by atoms with Gasteiger partial charge in [-0.05, 0) is 49.3 Å². The summed E-state index contributed by atoms with van der Waals surface area (Å²) in [5.41, 5.74) is 4.38. The van der Waals surface area contributed by atoms with Crippen molar-refractivity contribution in [3.05, 3.63) is 29.3 Å². The van der Waals surface area contributed by atoms with Crippen molar-refractivity contribution in [3.8, 4) is 0 Å². The SMILES string of the molecule is CC(C)CCCC(C)NCc1ccc2c(c1)CCCN2C. The number of aryl methyl sites for hydroxylation is 1. The summed E-state index contributed by atoms with van der Waals surface area (Å²) < 4.78 is 0. The number of benzene rings is 1. The normalized spacial score (nSPS) is 16.1. The molecule has 0 saturated heterocycles. The van der Waals surface area contributed by atoms with E-state index in [1.54, 1.807) is 0 Å². The molecule has 2 nitrogen and oxygen atoms in total. The molecule has 1 aromatic carbocycles. The first-order chi connectivity index (χ1) is 10.1. The van der Waals surface area contributed by atoms with E-state index in [0.29, 0.717) is 6.04 Å². The Kier molecular flexibility index (Phi) is 6.10. The Balaban J connectivity index is 1.81. The smallest absolute Gasteiger partial charge is 0.0396 e. The van der Waals surface area contributed by atoms with Crippen LogP contribution < -0.4 is 10.2 Å². The molecule has 118 valence electrons. The molecule has 1 N–H and O–H groups in total. The quantitative estimate of drug-likeness (QED) is 0.801. The van der Waals surface area contributed by atoms with Gasteiger partial charge in [-0.2, -0.15) is 0 Å². The molecule has 0 aliphatic carbocycles. The molecular formula is C19H32N2. The van der Waals surface area contributed by atoms with Gasteiger partial charge in [0.15, 0.2) is 0 Å². The van der Waals surface area contributed by atoms with Crippen LogP contribution in [-0.2, 0) is 13.0 Å². The van der Waals surface area contributed by atoms with Crippen molar-refractivity contribution < 1.29 is 0 Å². The minimum Gasteiger partial charge on any atom is -0.374 e. The van der Waals surface area contributed by atoms with Crippen LogP contribution in [0.4, 0.5) is 5.69 Å². The zero-order valence-electron chi connectivity index (χ0n) is 14.3. The molecule has 1 aliphatic rings. The maximum atomic E-state index is 3.68. The molecule has 2 rings (SSSR count). The van der Waals surface area contributed by atoms with Gasteiger partial charge in [0.25, 0.3) is 0 Å². The molecule has 1 aromatic rings. The first-order valence-electron chi connectivity index (χ1n) is 8.62. The minimum absolute atomic E-state index is 0.613. The fourth-order valence-corrected chi connectivity index (χ4v) is 3.18. The van der Waals surface area contributed by atoms with Gasteiger partial charge in [0, 0.05) is 31.9 Å². The Labute approximate surface area is 130 Å². The van der Waals surface area contributed by atoms with Crippen LogP contribution in [0, 0.1) is 5.92 Å². The van der Waals surface area contributed by atoms with Crippen LogP contribution >= 0.6 is 0 Å². The lowest BCUT2D eigenvalue weighted by Crippen LogP contribution is -2.27. The molecule has 0 spiro atoms. The second-order valence-corrected chi connectivity index (χ2v) is 7.09. The van der Waals surface area contributed by atoms with Crippen LogP contribution in [0.5, 0.6) is 0 Å². The van der Waals surface area contributed by atoms with E-state index in [1.165, 1.54) is 55.5 Å². The summed E-state index contributed by atoms with van der Waals surface area (Å²) >= 11 is 0. The summed E-state index contributed by atoms with van der Waals surface area (Å²) in [6.45, 7) is 9.12. The first kappa shape index (κ1) is 16.4. The van der Waals surface area contributed by atoms with Crippen LogP contribution in [0.15, 0.2) is 18.2 Å². The van der Waals surface area contributed by atoms with Gasteiger partial charge < -0.3 is 10.2 Å². The molecular weight excluding hydrogens is 256 g/mol. The lowest BCUT2D eigenvalue weighted by Gasteiger charge is -2.28. The predicted octanol–water partition coefficient (Wildman–Crippen LogP) is 4.37. The molecule has 0 radical (unpaired) electrons. The number of fused-ring (bicyclic) bond motifs is 1. The molecule has 0 amide bonds. The predicted molar refractivity (Wildman–Crippen MR) is 93.0 cm³/mol. The van der Waals surface area contributed by atoms with E-state index in [1.807, 2.05) is 0 Å². The maximum Gasteiger partial charge on any atom is 0.0396 e. The Morgan fingerprint density at radius 2 is 2.00 bits per heavy atom. The summed E-state index contributed by atoms with van der Waals surface area (Å²) in [5.74, 6) is 0.829. The van der Waals surface area contributed by atoms with Crippen LogP contribution in [-0.4, -0.2) is 19.6 Å². The van der Waals surface area contributed by atoms with Gasteiger partial charge in [-0.25, -0.2) is 0 Å². The molecule has 0 fully saturated rings. The van der Waals surface area contributed by atoms with Gasteiger partial charge in [0.1, 0.15) is 0 Å². The van der Waals surface area contributed by atoms with E-state index in [0.717, 1.165) is 12.5 Å². The second-order valence-electron chi connectivity index (χ2n) is 7.09. The minimum atomic E-state index is 0.613. The first-order valence-corrected chi connectivity index (χ1v) is 8.62. The third-order valence-electron chi connectivity index (χ3n) is 4.57. The molecule has 1 atom stereocenters. The fourth-order valence-electron chi connectivity index (χ4n) is 3.18. The highest BCUT2D eigenvalue weighted by molar-refractivity contribution is 5.56. The monoisotopic (exact) mass is 288 g/mol. The lowest BCUT2D eigenvalue weighted by molar-refractivity contribution is 0.457. The average molecular weight is 288 g/mol. The van der Waals surface area contributed by atoms with Crippen molar-refractivity contribution in [3.63, 3.8) is 0 Å². The zero-order valence-corrected chi connectivity index (χ0v) is 14.3. The molecule has 1 aliphatic heterocycles. The van der Waals surface area contributed by atoms with E-state index < -0.39 is 0 Å². The molecule has 0 aromatic heterocycles. The highest BCUT2D eigenvalue weighted by Gasteiger charge is 2.13. The van der Waals surface area contributed by atoms with Gasteiger partial charge in [0.2, 0.25) is 0 Å². The van der Waals surface area contributed by atoms with Gasteiger partial charge in [-0.15, -0.1) is 0 Å². The Bertz CT molecular complexity index is 439. The van der Waals surface area contributed by atoms with Gasteiger partial charge in [0.05, 0.1) is 0 Å². The fraction of sp³-hybridized carbons (Fsp3) is 0.684. The van der Waals surface area contributed by atoms with Crippen LogP contribution in [0.2, 0.25) is 0 Å². The average Bonchev–Trinajstić information content (AvgIpc) is 2.45. The zero-order chi connectivity index (χ0) is 15.2. The second kappa shape index (κ2) is 7.84. The number of nitrogens with zero attached hydrogens (tertiary/aromatic N) is 1. The van der Waals surface area contributed by atoms with Crippen molar-refractivity contribution in [2.24, 2.45) is 5.92 Å². The number of nitrogens with one attached hydrogen (secondary N) is 1. The number of hydrogen-bond donors (Lipinski definition) is 1. The van der Waals surface area contributed by atoms with Crippen molar-refractivity contribution in [1.82, 2.24) is 5.32 Å². The Hall–Kier alpha value is -1.02. The summed E-state index contributed by atoms with van der Waals surface area (Å²) in [6, 6.07) is 7.60. The van der Waals surface area contributed by atoms with E-state index in [4.69, 9.17) is 0 Å². The summed E-state index contributed by atoms with van der Waals surface area (Å²) in [6.07, 6.45) is 6.48. The van der Waals surface area contributed by atoms with E-state index in [-0.39, 0.29) is 0 Å². The molecule has 0 saturated carbocycles. The van der Waals surface area contributed by atoms with E-state index in [2.05, 4.69) is 56.2 Å². The third-order valence-corrected chi connectivity index (χ3v) is 4.57. The molecule has 1 unspecified atom stereocenters. The summed E-state index contributed by atoms with van der Waals surface area (Å²) in [7, 11) is 2.20. The Morgan fingerprint density at radius 1 is 1.19 bits per heavy atom. The van der Waals surface area contributed by atoms with Crippen molar-refractivity contribution >= 4 is 5.69 Å². The van der Waals surface area contributed by atoms with Gasteiger partial charge in [-0.1, -0.05) is 38.8 Å². The summed E-state index contributed by atoms with van der Waals surface area (Å²) in [5, 5.41) is 3.68. The van der Waals surface area contributed by atoms with E-state index >= 15 is 0 Å². The van der Waals surface area contributed by atoms with Crippen LogP contribution in [0.1, 0.15) is 57.6 Å². The lowest BCUT2D eigenvalue weighted by atomic mass is 9.99. The highest BCUT2D eigenvalue weighted by Crippen LogP contribution is 2.26. The number of rotatable bonds is 7. The largest absolute Gasteiger partial charge is 0.374 e. The molecule has 2 heteroatoms. The molecule has 0 bridgehead atoms. The van der Waals surface area contributed by atoms with Crippen LogP contribution in [0.3, 0.4) is 0 Å². The maximum absolute atomic E-state index is 3.68. The topological polar surface area (TPSA) is 15.3 Å².